The molecule has 2 rings (SSSR count). The molecule has 0 aliphatic heterocycles. The number of rotatable bonds is 3. The van der Waals surface area contributed by atoms with Gasteiger partial charge >= 0.3 is 0 Å². The molecule has 1 aromatic carbocycles. The molecule has 6 nitrogen and oxygen atoms in total. The van der Waals surface area contributed by atoms with E-state index in [2.05, 4.69) is 10.3 Å². The molecule has 1 heterocycles. The zero-order valence-electron chi connectivity index (χ0n) is 11.8. The highest BCUT2D eigenvalue weighted by molar-refractivity contribution is 5.90. The third-order valence-electron chi connectivity index (χ3n) is 2.90. The molecule has 1 aromatic heterocycles. The molecule has 0 spiro atoms. The molecular formula is C15H14N4O2. The van der Waals surface area contributed by atoms with Crippen LogP contribution in [0.3, 0.4) is 0 Å². The number of anilines is 1. The van der Waals surface area contributed by atoms with E-state index < -0.39 is 0 Å². The number of carbonyl (C=O) groups is 1. The maximum absolute atomic E-state index is 12.0. The first-order chi connectivity index (χ1) is 9.99. The van der Waals surface area contributed by atoms with E-state index in [4.69, 9.17) is 5.26 Å². The second kappa shape index (κ2) is 6.01. The number of aryl methyl sites for hydroxylation is 2. The SMILES string of the molecule is Cc1cc(=O)n(CC(=O)Nc2cccc(C#N)c2)c(C)n1. The largest absolute Gasteiger partial charge is 0.324 e. The number of nitrogens with one attached hydrogen (secondary N) is 1. The molecule has 0 fully saturated rings. The van der Waals surface area contributed by atoms with Gasteiger partial charge in [-0.3, -0.25) is 14.2 Å². The highest BCUT2D eigenvalue weighted by Gasteiger charge is 2.09. The van der Waals surface area contributed by atoms with Gasteiger partial charge in [0.1, 0.15) is 12.4 Å². The number of benzene rings is 1. The summed E-state index contributed by atoms with van der Waals surface area (Å²) in [4.78, 5) is 28.0. The van der Waals surface area contributed by atoms with E-state index in [1.54, 1.807) is 38.1 Å². The Morgan fingerprint density at radius 2 is 2.14 bits per heavy atom. The zero-order valence-corrected chi connectivity index (χ0v) is 11.8. The molecule has 0 aliphatic rings. The number of hydrogen-bond donors (Lipinski definition) is 1. The number of hydrogen-bond acceptors (Lipinski definition) is 4. The van der Waals surface area contributed by atoms with E-state index >= 15 is 0 Å². The predicted molar refractivity (Wildman–Crippen MR) is 77.8 cm³/mol. The number of nitrogens with zero attached hydrogens (tertiary/aromatic N) is 3. The molecule has 21 heavy (non-hydrogen) atoms. The van der Waals surface area contributed by atoms with Crippen LogP contribution in [0.1, 0.15) is 17.1 Å². The Morgan fingerprint density at radius 1 is 1.38 bits per heavy atom. The fourth-order valence-electron chi connectivity index (χ4n) is 1.97. The Balaban J connectivity index is 2.16. The lowest BCUT2D eigenvalue weighted by Gasteiger charge is -2.10. The fraction of sp³-hybridized carbons (Fsp3) is 0.200. The lowest BCUT2D eigenvalue weighted by atomic mass is 10.2. The predicted octanol–water partition coefficient (Wildman–Crippen LogP) is 1.37. The van der Waals surface area contributed by atoms with E-state index in [0.29, 0.717) is 22.8 Å². The van der Waals surface area contributed by atoms with Crippen LogP contribution in [0.15, 0.2) is 35.1 Å². The summed E-state index contributed by atoms with van der Waals surface area (Å²) in [5, 5.41) is 11.5. The average molecular weight is 282 g/mol. The average Bonchev–Trinajstić information content (AvgIpc) is 2.43. The van der Waals surface area contributed by atoms with E-state index in [1.165, 1.54) is 10.6 Å². The van der Waals surface area contributed by atoms with E-state index in [0.717, 1.165) is 0 Å². The first-order valence-corrected chi connectivity index (χ1v) is 6.34. The standard InChI is InChI=1S/C15H14N4O2/c1-10-6-15(21)19(11(2)17-10)9-14(20)18-13-5-3-4-12(7-13)8-16/h3-7H,9H2,1-2H3,(H,18,20). The monoisotopic (exact) mass is 282 g/mol. The van der Waals surface area contributed by atoms with Crippen LogP contribution in [0.5, 0.6) is 0 Å². The molecule has 0 unspecified atom stereocenters. The van der Waals surface area contributed by atoms with Crippen LogP contribution in [0.25, 0.3) is 0 Å². The first kappa shape index (κ1) is 14.5. The molecular weight excluding hydrogens is 268 g/mol. The normalized spacial score (nSPS) is 9.95. The second-order valence-corrected chi connectivity index (χ2v) is 4.61. The number of carbonyl (C=O) groups excluding carboxylic acids is 1. The molecule has 1 amide bonds. The van der Waals surface area contributed by atoms with Crippen molar-refractivity contribution in [2.75, 3.05) is 5.32 Å². The van der Waals surface area contributed by atoms with Gasteiger partial charge in [-0.2, -0.15) is 5.26 Å². The quantitative estimate of drug-likeness (QED) is 0.921. The van der Waals surface area contributed by atoms with Gasteiger partial charge in [-0.1, -0.05) is 6.07 Å². The molecule has 0 saturated carbocycles. The number of aromatic nitrogens is 2. The van der Waals surface area contributed by atoms with Crippen LogP contribution in [-0.2, 0) is 11.3 Å². The Bertz CT molecular complexity index is 787. The fourth-order valence-corrected chi connectivity index (χ4v) is 1.97. The Morgan fingerprint density at radius 3 is 2.81 bits per heavy atom. The second-order valence-electron chi connectivity index (χ2n) is 4.61. The van der Waals surface area contributed by atoms with E-state index in [9.17, 15) is 9.59 Å². The van der Waals surface area contributed by atoms with Gasteiger partial charge in [-0.15, -0.1) is 0 Å². The van der Waals surface area contributed by atoms with Crippen molar-refractivity contribution in [3.05, 3.63) is 57.8 Å². The maximum Gasteiger partial charge on any atom is 0.254 e. The highest BCUT2D eigenvalue weighted by atomic mass is 16.2. The molecule has 0 saturated heterocycles. The zero-order chi connectivity index (χ0) is 15.4. The lowest BCUT2D eigenvalue weighted by Crippen LogP contribution is -2.30. The van der Waals surface area contributed by atoms with E-state index in [1.807, 2.05) is 6.07 Å². The Kier molecular flexibility index (Phi) is 4.14. The Labute approximate surface area is 121 Å². The van der Waals surface area contributed by atoms with Crippen molar-refractivity contribution in [1.82, 2.24) is 9.55 Å². The molecule has 2 aromatic rings. The topological polar surface area (TPSA) is 87.8 Å². The first-order valence-electron chi connectivity index (χ1n) is 6.34. The van der Waals surface area contributed by atoms with Gasteiger partial charge in [0.15, 0.2) is 0 Å². The molecule has 0 atom stereocenters. The molecule has 0 radical (unpaired) electrons. The minimum absolute atomic E-state index is 0.116. The van der Waals surface area contributed by atoms with Crippen LogP contribution in [0.4, 0.5) is 5.69 Å². The van der Waals surface area contributed by atoms with Crippen molar-refractivity contribution in [2.45, 2.75) is 20.4 Å². The summed E-state index contributed by atoms with van der Waals surface area (Å²) >= 11 is 0. The summed E-state index contributed by atoms with van der Waals surface area (Å²) in [7, 11) is 0. The molecule has 106 valence electrons. The van der Waals surface area contributed by atoms with Gasteiger partial charge in [0.05, 0.1) is 11.6 Å². The van der Waals surface area contributed by atoms with Crippen molar-refractivity contribution < 1.29 is 4.79 Å². The van der Waals surface area contributed by atoms with Crippen LogP contribution in [-0.4, -0.2) is 15.5 Å². The maximum atomic E-state index is 12.0. The van der Waals surface area contributed by atoms with Gasteiger partial charge in [-0.05, 0) is 32.0 Å². The minimum atomic E-state index is -0.346. The van der Waals surface area contributed by atoms with Crippen LogP contribution in [0, 0.1) is 25.2 Å². The lowest BCUT2D eigenvalue weighted by molar-refractivity contribution is -0.116. The summed E-state index contributed by atoms with van der Waals surface area (Å²) < 4.78 is 1.30. The summed E-state index contributed by atoms with van der Waals surface area (Å²) in [5.74, 6) is 0.141. The minimum Gasteiger partial charge on any atom is -0.324 e. The van der Waals surface area contributed by atoms with Crippen molar-refractivity contribution in [2.24, 2.45) is 0 Å². The van der Waals surface area contributed by atoms with Gasteiger partial charge in [0.2, 0.25) is 5.91 Å². The van der Waals surface area contributed by atoms with Gasteiger partial charge in [-0.25, -0.2) is 4.98 Å². The summed E-state index contributed by atoms with van der Waals surface area (Å²) in [6, 6.07) is 9.96. The van der Waals surface area contributed by atoms with Gasteiger partial charge in [0, 0.05) is 17.4 Å². The molecule has 6 heteroatoms. The molecule has 1 N–H and O–H groups in total. The highest BCUT2D eigenvalue weighted by Crippen LogP contribution is 2.09. The summed E-state index contributed by atoms with van der Waals surface area (Å²) in [5.41, 5.74) is 1.33. The van der Waals surface area contributed by atoms with Crippen LogP contribution < -0.4 is 10.9 Å². The summed E-state index contributed by atoms with van der Waals surface area (Å²) in [6.45, 7) is 3.29. The number of nitriles is 1. The Hall–Kier alpha value is -2.94. The molecule has 0 bridgehead atoms. The van der Waals surface area contributed by atoms with Crippen molar-refractivity contribution in [3.63, 3.8) is 0 Å². The van der Waals surface area contributed by atoms with E-state index in [-0.39, 0.29) is 18.0 Å². The number of amides is 1. The van der Waals surface area contributed by atoms with Crippen LogP contribution >= 0.6 is 0 Å². The van der Waals surface area contributed by atoms with Gasteiger partial charge < -0.3 is 5.32 Å². The van der Waals surface area contributed by atoms with Crippen molar-refractivity contribution in [1.29, 1.82) is 5.26 Å². The smallest absolute Gasteiger partial charge is 0.254 e. The van der Waals surface area contributed by atoms with Crippen molar-refractivity contribution >= 4 is 11.6 Å². The molecule has 0 aliphatic carbocycles. The third kappa shape index (κ3) is 3.54. The van der Waals surface area contributed by atoms with Crippen molar-refractivity contribution in [3.8, 4) is 6.07 Å². The van der Waals surface area contributed by atoms with Crippen LogP contribution in [0.2, 0.25) is 0 Å². The third-order valence-corrected chi connectivity index (χ3v) is 2.90. The summed E-state index contributed by atoms with van der Waals surface area (Å²) in [6.07, 6.45) is 0. The van der Waals surface area contributed by atoms with Gasteiger partial charge in [0.25, 0.3) is 5.56 Å².